The fourth-order valence-corrected chi connectivity index (χ4v) is 2.80. The topological polar surface area (TPSA) is 52.8 Å². The standard InChI is InChI=1S/C9H7Br2ClN4O/c1-17-8-3-7(5(10)2-6(8)11)16-9(4-12)13-14-15-16/h2-3H,4H2,1H3. The molecule has 0 atom stereocenters. The molecule has 0 unspecified atom stereocenters. The maximum absolute atomic E-state index is 5.76. The smallest absolute Gasteiger partial charge is 0.171 e. The van der Waals surface area contributed by atoms with Gasteiger partial charge in [-0.2, -0.15) is 4.68 Å². The van der Waals surface area contributed by atoms with Crippen LogP contribution in [0.1, 0.15) is 5.82 Å². The van der Waals surface area contributed by atoms with Crippen LogP contribution in [0.5, 0.6) is 5.75 Å². The second-order valence-electron chi connectivity index (χ2n) is 3.08. The Hall–Kier alpha value is -0.660. The molecule has 5 nitrogen and oxygen atoms in total. The lowest BCUT2D eigenvalue weighted by Crippen LogP contribution is -2.03. The van der Waals surface area contributed by atoms with Gasteiger partial charge in [0, 0.05) is 10.5 Å². The van der Waals surface area contributed by atoms with E-state index in [0.29, 0.717) is 11.6 Å². The van der Waals surface area contributed by atoms with Crippen molar-refractivity contribution < 1.29 is 4.74 Å². The molecule has 90 valence electrons. The average molecular weight is 382 g/mol. The zero-order valence-corrected chi connectivity index (χ0v) is 12.6. The fourth-order valence-electron chi connectivity index (χ4n) is 1.31. The van der Waals surface area contributed by atoms with Crippen molar-refractivity contribution in [1.82, 2.24) is 20.2 Å². The number of aromatic nitrogens is 4. The van der Waals surface area contributed by atoms with Crippen molar-refractivity contribution in [3.05, 3.63) is 26.9 Å². The van der Waals surface area contributed by atoms with Gasteiger partial charge in [-0.05, 0) is 48.4 Å². The average Bonchev–Trinajstić information content (AvgIpc) is 2.77. The molecular weight excluding hydrogens is 375 g/mol. The highest BCUT2D eigenvalue weighted by Gasteiger charge is 2.13. The lowest BCUT2D eigenvalue weighted by molar-refractivity contribution is 0.411. The molecule has 0 N–H and O–H groups in total. The van der Waals surface area contributed by atoms with Gasteiger partial charge >= 0.3 is 0 Å². The van der Waals surface area contributed by atoms with Gasteiger partial charge in [-0.25, -0.2) is 0 Å². The summed E-state index contributed by atoms with van der Waals surface area (Å²) in [5, 5.41) is 11.3. The first-order chi connectivity index (χ1) is 8.17. The van der Waals surface area contributed by atoms with E-state index in [9.17, 15) is 0 Å². The number of hydrogen-bond donors (Lipinski definition) is 0. The van der Waals surface area contributed by atoms with E-state index in [4.69, 9.17) is 16.3 Å². The van der Waals surface area contributed by atoms with Crippen LogP contribution < -0.4 is 4.74 Å². The lowest BCUT2D eigenvalue weighted by atomic mass is 10.3. The van der Waals surface area contributed by atoms with E-state index in [1.807, 2.05) is 12.1 Å². The first-order valence-corrected chi connectivity index (χ1v) is 6.66. The number of tetrazole rings is 1. The van der Waals surface area contributed by atoms with Crippen molar-refractivity contribution in [3.63, 3.8) is 0 Å². The maximum Gasteiger partial charge on any atom is 0.171 e. The van der Waals surface area contributed by atoms with Crippen LogP contribution in [0.25, 0.3) is 5.69 Å². The lowest BCUT2D eigenvalue weighted by Gasteiger charge is -2.09. The number of ether oxygens (including phenoxy) is 1. The van der Waals surface area contributed by atoms with Gasteiger partial charge in [-0.15, -0.1) is 16.7 Å². The van der Waals surface area contributed by atoms with Gasteiger partial charge in [0.25, 0.3) is 0 Å². The summed E-state index contributed by atoms with van der Waals surface area (Å²) in [6.45, 7) is 0. The molecule has 0 amide bonds. The number of nitrogens with zero attached hydrogens (tertiary/aromatic N) is 4. The van der Waals surface area contributed by atoms with Crippen LogP contribution in [0, 0.1) is 0 Å². The van der Waals surface area contributed by atoms with Crippen molar-refractivity contribution in [2.45, 2.75) is 5.88 Å². The number of rotatable bonds is 3. The summed E-state index contributed by atoms with van der Waals surface area (Å²) in [5.41, 5.74) is 0.769. The molecule has 0 bridgehead atoms. The molecule has 17 heavy (non-hydrogen) atoms. The summed E-state index contributed by atoms with van der Waals surface area (Å²) in [6, 6.07) is 3.69. The van der Waals surface area contributed by atoms with Crippen LogP contribution in [-0.4, -0.2) is 27.3 Å². The number of hydrogen-bond acceptors (Lipinski definition) is 4. The van der Waals surface area contributed by atoms with E-state index in [1.165, 1.54) is 0 Å². The molecule has 0 spiro atoms. The van der Waals surface area contributed by atoms with Gasteiger partial charge in [0.2, 0.25) is 0 Å². The molecule has 0 saturated carbocycles. The molecule has 0 fully saturated rings. The second-order valence-corrected chi connectivity index (χ2v) is 5.05. The molecule has 0 radical (unpaired) electrons. The van der Waals surface area contributed by atoms with Crippen molar-refractivity contribution >= 4 is 43.5 Å². The Morgan fingerprint density at radius 1 is 1.35 bits per heavy atom. The molecule has 1 aromatic heterocycles. The van der Waals surface area contributed by atoms with E-state index < -0.39 is 0 Å². The fraction of sp³-hybridized carbons (Fsp3) is 0.222. The minimum atomic E-state index is 0.234. The Morgan fingerprint density at radius 3 is 2.76 bits per heavy atom. The Bertz CT molecular complexity index is 546. The maximum atomic E-state index is 5.76. The largest absolute Gasteiger partial charge is 0.495 e. The normalized spacial score (nSPS) is 10.6. The molecule has 0 aliphatic heterocycles. The van der Waals surface area contributed by atoms with Crippen molar-refractivity contribution in [3.8, 4) is 11.4 Å². The van der Waals surface area contributed by atoms with Crippen LogP contribution in [0.4, 0.5) is 0 Å². The zero-order chi connectivity index (χ0) is 12.4. The number of benzene rings is 1. The Balaban J connectivity index is 2.59. The monoisotopic (exact) mass is 380 g/mol. The molecule has 2 aromatic rings. The van der Waals surface area contributed by atoms with Crippen molar-refractivity contribution in [2.24, 2.45) is 0 Å². The van der Waals surface area contributed by atoms with Crippen LogP contribution >= 0.6 is 43.5 Å². The summed E-state index contributed by atoms with van der Waals surface area (Å²) in [6.07, 6.45) is 0. The highest BCUT2D eigenvalue weighted by atomic mass is 79.9. The van der Waals surface area contributed by atoms with Crippen molar-refractivity contribution in [2.75, 3.05) is 7.11 Å². The Morgan fingerprint density at radius 2 is 2.12 bits per heavy atom. The van der Waals surface area contributed by atoms with Gasteiger partial charge in [-0.1, -0.05) is 0 Å². The molecule has 1 aromatic carbocycles. The third-order valence-electron chi connectivity index (χ3n) is 2.10. The third-order valence-corrected chi connectivity index (χ3v) is 3.60. The summed E-state index contributed by atoms with van der Waals surface area (Å²) < 4.78 is 8.47. The summed E-state index contributed by atoms with van der Waals surface area (Å²) >= 11 is 12.6. The highest BCUT2D eigenvalue weighted by molar-refractivity contribution is 9.11. The van der Waals surface area contributed by atoms with E-state index in [0.717, 1.165) is 14.6 Å². The van der Waals surface area contributed by atoms with Gasteiger partial charge < -0.3 is 4.74 Å². The Kier molecular flexibility index (Phi) is 4.01. The quantitative estimate of drug-likeness (QED) is 0.766. The molecule has 0 aliphatic rings. The molecule has 8 heteroatoms. The molecule has 1 heterocycles. The van der Waals surface area contributed by atoms with E-state index in [1.54, 1.807) is 11.8 Å². The summed E-state index contributed by atoms with van der Waals surface area (Å²) in [7, 11) is 1.60. The predicted molar refractivity (Wildman–Crippen MR) is 70.7 cm³/mol. The van der Waals surface area contributed by atoms with Crippen LogP contribution in [0.3, 0.4) is 0 Å². The van der Waals surface area contributed by atoms with Gasteiger partial charge in [0.1, 0.15) is 5.75 Å². The van der Waals surface area contributed by atoms with Gasteiger partial charge in [0.05, 0.1) is 23.1 Å². The summed E-state index contributed by atoms with van der Waals surface area (Å²) in [4.78, 5) is 0. The van der Waals surface area contributed by atoms with E-state index in [-0.39, 0.29) is 5.88 Å². The number of methoxy groups -OCH3 is 1. The molecular formula is C9H7Br2ClN4O. The van der Waals surface area contributed by atoms with Gasteiger partial charge in [-0.3, -0.25) is 0 Å². The van der Waals surface area contributed by atoms with Crippen LogP contribution in [0.2, 0.25) is 0 Å². The van der Waals surface area contributed by atoms with Crippen LogP contribution in [0.15, 0.2) is 21.1 Å². The third kappa shape index (κ3) is 2.46. The van der Waals surface area contributed by atoms with E-state index >= 15 is 0 Å². The zero-order valence-electron chi connectivity index (χ0n) is 8.69. The van der Waals surface area contributed by atoms with Crippen LogP contribution in [-0.2, 0) is 5.88 Å². The van der Waals surface area contributed by atoms with E-state index in [2.05, 4.69) is 47.4 Å². The first-order valence-electron chi connectivity index (χ1n) is 4.54. The highest BCUT2D eigenvalue weighted by Crippen LogP contribution is 2.33. The van der Waals surface area contributed by atoms with Gasteiger partial charge in [0.15, 0.2) is 5.82 Å². The number of halogens is 3. The molecule has 0 aliphatic carbocycles. The van der Waals surface area contributed by atoms with Crippen molar-refractivity contribution in [1.29, 1.82) is 0 Å². The molecule has 0 saturated heterocycles. The summed E-state index contributed by atoms with van der Waals surface area (Å²) in [5.74, 6) is 1.49. The minimum absolute atomic E-state index is 0.234. The molecule has 2 rings (SSSR count). The SMILES string of the molecule is COc1cc(-n2nnnc2CCl)c(Br)cc1Br. The number of alkyl halides is 1. The second kappa shape index (κ2) is 5.32. The minimum Gasteiger partial charge on any atom is -0.495 e. The first kappa shape index (κ1) is 12.8. The predicted octanol–water partition coefficient (Wildman–Crippen LogP) is 2.93. The Labute approximate surface area is 119 Å².